The molecule has 5 N–H and O–H groups in total. The Labute approximate surface area is 116 Å². The summed E-state index contributed by atoms with van der Waals surface area (Å²) in [5.41, 5.74) is 2.41. The number of hydrazine groups is 1. The van der Waals surface area contributed by atoms with E-state index in [-0.39, 0.29) is 12.6 Å². The molecular weight excluding hydrogens is 260 g/mol. The van der Waals surface area contributed by atoms with Crippen molar-refractivity contribution in [3.05, 3.63) is 18.7 Å². The summed E-state index contributed by atoms with van der Waals surface area (Å²) >= 11 is 0. The van der Waals surface area contributed by atoms with Gasteiger partial charge in [-0.05, 0) is 12.3 Å². The van der Waals surface area contributed by atoms with Gasteiger partial charge in [-0.2, -0.15) is 15.0 Å². The highest BCUT2D eigenvalue weighted by molar-refractivity contribution is 5.37. The molecule has 9 nitrogen and oxygen atoms in total. The molecule has 0 spiro atoms. The van der Waals surface area contributed by atoms with Crippen molar-refractivity contribution in [2.75, 3.05) is 23.9 Å². The van der Waals surface area contributed by atoms with Gasteiger partial charge in [0, 0.05) is 25.5 Å². The highest BCUT2D eigenvalue weighted by Crippen LogP contribution is 2.09. The fourth-order valence-corrected chi connectivity index (χ4v) is 1.59. The molecule has 0 aliphatic heterocycles. The Morgan fingerprint density at radius 2 is 2.15 bits per heavy atom. The summed E-state index contributed by atoms with van der Waals surface area (Å²) in [6, 6.07) is 0. The maximum Gasteiger partial charge on any atom is 0.243 e. The molecule has 108 valence electrons. The van der Waals surface area contributed by atoms with E-state index in [4.69, 9.17) is 10.9 Å². The van der Waals surface area contributed by atoms with Gasteiger partial charge in [0.25, 0.3) is 0 Å². The summed E-state index contributed by atoms with van der Waals surface area (Å²) in [7, 11) is 0. The van der Waals surface area contributed by atoms with Gasteiger partial charge in [-0.15, -0.1) is 0 Å². The molecule has 0 aliphatic carbocycles. The number of hydrogen-bond acceptors (Lipinski definition) is 8. The van der Waals surface area contributed by atoms with Crippen LogP contribution in [0.3, 0.4) is 0 Å². The number of nitrogens with two attached hydrogens (primary N) is 1. The van der Waals surface area contributed by atoms with E-state index in [1.807, 2.05) is 6.92 Å². The normalized spacial score (nSPS) is 12.2. The Morgan fingerprint density at radius 1 is 1.35 bits per heavy atom. The number of rotatable bonds is 7. The van der Waals surface area contributed by atoms with E-state index in [0.29, 0.717) is 30.8 Å². The predicted octanol–water partition coefficient (Wildman–Crippen LogP) is -0.227. The van der Waals surface area contributed by atoms with E-state index < -0.39 is 0 Å². The van der Waals surface area contributed by atoms with Crippen LogP contribution in [0.5, 0.6) is 0 Å². The molecular formula is C11H18N8O. The van der Waals surface area contributed by atoms with Crippen molar-refractivity contribution in [2.24, 2.45) is 11.8 Å². The van der Waals surface area contributed by atoms with E-state index in [1.54, 1.807) is 23.3 Å². The van der Waals surface area contributed by atoms with Crippen LogP contribution in [0.15, 0.2) is 18.7 Å². The molecule has 1 atom stereocenters. The molecule has 1 unspecified atom stereocenters. The summed E-state index contributed by atoms with van der Waals surface area (Å²) in [4.78, 5) is 16.5. The second kappa shape index (κ2) is 6.78. The van der Waals surface area contributed by atoms with E-state index >= 15 is 0 Å². The first-order valence-electron chi connectivity index (χ1n) is 6.28. The van der Waals surface area contributed by atoms with Gasteiger partial charge < -0.3 is 10.4 Å². The summed E-state index contributed by atoms with van der Waals surface area (Å²) in [5.74, 6) is 6.77. The van der Waals surface area contributed by atoms with E-state index in [0.717, 1.165) is 0 Å². The fraction of sp³-hybridized carbons (Fsp3) is 0.455. The molecule has 0 radical (unpaired) electrons. The molecule has 2 heterocycles. The lowest BCUT2D eigenvalue weighted by Gasteiger charge is -2.12. The lowest BCUT2D eigenvalue weighted by Crippen LogP contribution is -2.18. The predicted molar refractivity (Wildman–Crippen MR) is 74.1 cm³/mol. The van der Waals surface area contributed by atoms with Crippen LogP contribution in [0.4, 0.5) is 11.9 Å². The first-order valence-corrected chi connectivity index (χ1v) is 6.28. The number of aliphatic hydroxyl groups is 1. The standard InChI is InChI=1S/C11H18N8O/c1-8(2-5-20)6-14-9-15-10(18-12)17-11(16-9)19-4-3-13-7-19/h3-4,7-8,20H,2,5-6,12H2,1H3,(H2,14,15,16,17,18). The lowest BCUT2D eigenvalue weighted by atomic mass is 10.1. The third-order valence-corrected chi connectivity index (χ3v) is 2.72. The summed E-state index contributed by atoms with van der Waals surface area (Å²) in [6.07, 6.45) is 5.67. The van der Waals surface area contributed by atoms with Crippen LogP contribution >= 0.6 is 0 Å². The van der Waals surface area contributed by atoms with Crippen molar-refractivity contribution in [3.8, 4) is 5.95 Å². The third kappa shape index (κ3) is 3.62. The number of aromatic nitrogens is 5. The molecule has 0 amide bonds. The highest BCUT2D eigenvalue weighted by Gasteiger charge is 2.08. The van der Waals surface area contributed by atoms with Gasteiger partial charge in [0.1, 0.15) is 6.33 Å². The van der Waals surface area contributed by atoms with Gasteiger partial charge in [-0.25, -0.2) is 10.8 Å². The quantitative estimate of drug-likeness (QED) is 0.404. The number of imidazole rings is 1. The van der Waals surface area contributed by atoms with E-state index in [2.05, 4.69) is 30.7 Å². The first-order chi connectivity index (χ1) is 9.72. The summed E-state index contributed by atoms with van der Waals surface area (Å²) in [5, 5.41) is 12.0. The number of anilines is 2. The maximum absolute atomic E-state index is 8.88. The monoisotopic (exact) mass is 278 g/mol. The molecule has 2 rings (SSSR count). The Hall–Kier alpha value is -2.26. The van der Waals surface area contributed by atoms with Crippen molar-refractivity contribution < 1.29 is 5.11 Å². The summed E-state index contributed by atoms with van der Waals surface area (Å²) in [6.45, 7) is 2.84. The highest BCUT2D eigenvalue weighted by atomic mass is 16.3. The maximum atomic E-state index is 8.88. The van der Waals surface area contributed by atoms with Crippen LogP contribution in [0.25, 0.3) is 5.95 Å². The minimum absolute atomic E-state index is 0.163. The average molecular weight is 278 g/mol. The minimum atomic E-state index is 0.163. The number of nitrogens with one attached hydrogen (secondary N) is 2. The number of nitrogen functional groups attached to an aromatic ring is 1. The van der Waals surface area contributed by atoms with Crippen LogP contribution in [-0.2, 0) is 0 Å². The minimum Gasteiger partial charge on any atom is -0.396 e. The molecule has 0 aromatic carbocycles. The van der Waals surface area contributed by atoms with Gasteiger partial charge in [0.15, 0.2) is 0 Å². The average Bonchev–Trinajstić information content (AvgIpc) is 2.99. The third-order valence-electron chi connectivity index (χ3n) is 2.72. The Balaban J connectivity index is 2.14. The second-order valence-electron chi connectivity index (χ2n) is 4.40. The summed E-state index contributed by atoms with van der Waals surface area (Å²) < 4.78 is 1.66. The van der Waals surface area contributed by atoms with Crippen molar-refractivity contribution in [1.82, 2.24) is 24.5 Å². The van der Waals surface area contributed by atoms with Crippen molar-refractivity contribution >= 4 is 11.9 Å². The molecule has 0 aliphatic rings. The first kappa shape index (κ1) is 14.2. The Morgan fingerprint density at radius 3 is 2.80 bits per heavy atom. The Kier molecular flexibility index (Phi) is 4.80. The van der Waals surface area contributed by atoms with E-state index in [1.165, 1.54) is 0 Å². The molecule has 0 saturated carbocycles. The fourth-order valence-electron chi connectivity index (χ4n) is 1.59. The van der Waals surface area contributed by atoms with Crippen LogP contribution in [-0.4, -0.2) is 42.8 Å². The van der Waals surface area contributed by atoms with Crippen molar-refractivity contribution in [3.63, 3.8) is 0 Å². The molecule has 20 heavy (non-hydrogen) atoms. The molecule has 0 saturated heterocycles. The number of aliphatic hydroxyl groups excluding tert-OH is 1. The largest absolute Gasteiger partial charge is 0.396 e. The molecule has 2 aromatic rings. The number of hydrogen-bond donors (Lipinski definition) is 4. The smallest absolute Gasteiger partial charge is 0.243 e. The van der Waals surface area contributed by atoms with Crippen LogP contribution < -0.4 is 16.6 Å². The van der Waals surface area contributed by atoms with Gasteiger partial charge in [0.05, 0.1) is 0 Å². The molecule has 0 bridgehead atoms. The lowest BCUT2D eigenvalue weighted by molar-refractivity contribution is 0.265. The zero-order chi connectivity index (χ0) is 14.4. The van der Waals surface area contributed by atoms with Crippen molar-refractivity contribution in [1.29, 1.82) is 0 Å². The Bertz CT molecular complexity index is 529. The van der Waals surface area contributed by atoms with Gasteiger partial charge >= 0.3 is 0 Å². The van der Waals surface area contributed by atoms with Crippen LogP contribution in [0.1, 0.15) is 13.3 Å². The van der Waals surface area contributed by atoms with Gasteiger partial charge in [0.2, 0.25) is 17.8 Å². The van der Waals surface area contributed by atoms with Crippen molar-refractivity contribution in [2.45, 2.75) is 13.3 Å². The van der Waals surface area contributed by atoms with Gasteiger partial charge in [-0.1, -0.05) is 6.92 Å². The molecule has 2 aromatic heterocycles. The topological polar surface area (TPSA) is 127 Å². The SMILES string of the molecule is CC(CCO)CNc1nc(NN)nc(-n2ccnc2)n1. The number of nitrogens with zero attached hydrogens (tertiary/aromatic N) is 5. The van der Waals surface area contributed by atoms with E-state index in [9.17, 15) is 0 Å². The zero-order valence-electron chi connectivity index (χ0n) is 11.2. The second-order valence-corrected chi connectivity index (χ2v) is 4.40. The van der Waals surface area contributed by atoms with Gasteiger partial charge in [-0.3, -0.25) is 9.99 Å². The molecule has 0 fully saturated rings. The molecule has 9 heteroatoms. The van der Waals surface area contributed by atoms with Crippen LogP contribution in [0.2, 0.25) is 0 Å². The van der Waals surface area contributed by atoms with Crippen LogP contribution in [0, 0.1) is 5.92 Å². The zero-order valence-corrected chi connectivity index (χ0v) is 11.2.